The Bertz CT molecular complexity index is 770. The number of nitrogens with zero attached hydrogens (tertiary/aromatic N) is 4. The molecule has 5 heteroatoms. The van der Waals surface area contributed by atoms with Gasteiger partial charge in [-0.2, -0.15) is 0 Å². The quantitative estimate of drug-likeness (QED) is 0.550. The second kappa shape index (κ2) is 3.40. The number of hydrogen-bond donors (Lipinski definition) is 1. The van der Waals surface area contributed by atoms with E-state index >= 15 is 0 Å². The van der Waals surface area contributed by atoms with Gasteiger partial charge in [0.25, 0.3) is 0 Å². The summed E-state index contributed by atoms with van der Waals surface area (Å²) in [7, 11) is 0. The molecule has 0 atom stereocenters. The average molecular weight is 235 g/mol. The van der Waals surface area contributed by atoms with Gasteiger partial charge in [0, 0.05) is 17.1 Å². The number of aromatic amines is 1. The van der Waals surface area contributed by atoms with E-state index in [0.717, 1.165) is 27.8 Å². The van der Waals surface area contributed by atoms with Crippen LogP contribution in [0.4, 0.5) is 0 Å². The summed E-state index contributed by atoms with van der Waals surface area (Å²) in [5.74, 6) is 0. The van der Waals surface area contributed by atoms with Crippen LogP contribution in [-0.2, 0) is 0 Å². The molecule has 0 aliphatic carbocycles. The maximum absolute atomic E-state index is 4.31. The molecule has 5 nitrogen and oxygen atoms in total. The van der Waals surface area contributed by atoms with Crippen molar-refractivity contribution in [2.24, 2.45) is 0 Å². The number of aromatic nitrogens is 5. The van der Waals surface area contributed by atoms with Gasteiger partial charge in [-0.25, -0.2) is 15.0 Å². The van der Waals surface area contributed by atoms with Gasteiger partial charge in [0.1, 0.15) is 18.2 Å². The molecular weight excluding hydrogens is 226 g/mol. The predicted octanol–water partition coefficient (Wildman–Crippen LogP) is 2.30. The highest BCUT2D eigenvalue weighted by atomic mass is 15.1. The number of para-hydroxylation sites is 1. The van der Waals surface area contributed by atoms with Gasteiger partial charge in [0.2, 0.25) is 0 Å². The van der Waals surface area contributed by atoms with E-state index in [1.165, 1.54) is 6.33 Å². The van der Waals surface area contributed by atoms with Crippen molar-refractivity contribution >= 4 is 22.1 Å². The fraction of sp³-hybridized carbons (Fsp3) is 0. The van der Waals surface area contributed by atoms with Crippen molar-refractivity contribution < 1.29 is 0 Å². The van der Waals surface area contributed by atoms with Crippen LogP contribution in [0.15, 0.2) is 49.3 Å². The number of fused-ring (bicyclic) bond motifs is 2. The fourth-order valence-corrected chi connectivity index (χ4v) is 2.20. The van der Waals surface area contributed by atoms with Crippen LogP contribution >= 0.6 is 0 Å². The molecule has 1 aromatic carbocycles. The SMILES string of the molecule is c1ccc2c(-n3cnc4cncnc43)c[nH]c2c1. The van der Waals surface area contributed by atoms with Crippen LogP contribution in [0.3, 0.4) is 0 Å². The normalized spacial score (nSPS) is 11.3. The molecule has 86 valence electrons. The molecule has 0 aliphatic rings. The third-order valence-corrected chi connectivity index (χ3v) is 3.04. The molecule has 0 radical (unpaired) electrons. The van der Waals surface area contributed by atoms with Crippen LogP contribution in [0.25, 0.3) is 27.8 Å². The van der Waals surface area contributed by atoms with Gasteiger partial charge < -0.3 is 4.98 Å². The van der Waals surface area contributed by atoms with Crippen molar-refractivity contribution in [2.75, 3.05) is 0 Å². The average Bonchev–Trinajstić information content (AvgIpc) is 3.01. The first-order valence-corrected chi connectivity index (χ1v) is 5.63. The molecule has 3 aromatic heterocycles. The summed E-state index contributed by atoms with van der Waals surface area (Å²) in [6, 6.07) is 8.16. The zero-order valence-electron chi connectivity index (χ0n) is 9.41. The Hall–Kier alpha value is -2.69. The van der Waals surface area contributed by atoms with Gasteiger partial charge in [-0.1, -0.05) is 18.2 Å². The summed E-state index contributed by atoms with van der Waals surface area (Å²) < 4.78 is 1.97. The molecule has 0 unspecified atom stereocenters. The summed E-state index contributed by atoms with van der Waals surface area (Å²) in [5.41, 5.74) is 3.76. The first-order valence-electron chi connectivity index (χ1n) is 5.63. The van der Waals surface area contributed by atoms with Crippen molar-refractivity contribution in [3.8, 4) is 5.69 Å². The van der Waals surface area contributed by atoms with Crippen LogP contribution in [0.2, 0.25) is 0 Å². The van der Waals surface area contributed by atoms with E-state index in [1.54, 1.807) is 12.5 Å². The standard InChI is InChI=1S/C13H9N5/c1-2-4-10-9(3-1)12(6-15-10)18-8-17-11-5-14-7-16-13(11)18/h1-8,15H. The van der Waals surface area contributed by atoms with Crippen LogP contribution in [0.5, 0.6) is 0 Å². The molecule has 0 fully saturated rings. The number of H-pyrrole nitrogens is 1. The zero-order valence-corrected chi connectivity index (χ0v) is 9.41. The monoisotopic (exact) mass is 235 g/mol. The summed E-state index contributed by atoms with van der Waals surface area (Å²) >= 11 is 0. The summed E-state index contributed by atoms with van der Waals surface area (Å²) in [4.78, 5) is 15.8. The molecule has 0 saturated carbocycles. The zero-order chi connectivity index (χ0) is 11.9. The first-order chi connectivity index (χ1) is 8.93. The van der Waals surface area contributed by atoms with Crippen LogP contribution < -0.4 is 0 Å². The lowest BCUT2D eigenvalue weighted by Crippen LogP contribution is -1.92. The smallest absolute Gasteiger partial charge is 0.167 e. The van der Waals surface area contributed by atoms with E-state index < -0.39 is 0 Å². The molecular formula is C13H9N5. The Balaban J connectivity index is 2.08. The lowest BCUT2D eigenvalue weighted by atomic mass is 10.2. The van der Waals surface area contributed by atoms with Crippen molar-refractivity contribution in [3.63, 3.8) is 0 Å². The number of rotatable bonds is 1. The Morgan fingerprint density at radius 1 is 1.11 bits per heavy atom. The maximum atomic E-state index is 4.31. The lowest BCUT2D eigenvalue weighted by Gasteiger charge is -2.00. The van der Waals surface area contributed by atoms with Crippen molar-refractivity contribution in [3.05, 3.63) is 49.3 Å². The highest BCUT2D eigenvalue weighted by molar-refractivity contribution is 5.90. The Kier molecular flexibility index (Phi) is 1.77. The van der Waals surface area contributed by atoms with E-state index in [2.05, 4.69) is 26.0 Å². The molecule has 3 heterocycles. The molecule has 18 heavy (non-hydrogen) atoms. The van der Waals surface area contributed by atoms with Gasteiger partial charge in [-0.05, 0) is 6.07 Å². The molecule has 0 aliphatic heterocycles. The van der Waals surface area contributed by atoms with Crippen molar-refractivity contribution in [1.82, 2.24) is 24.5 Å². The number of benzene rings is 1. The largest absolute Gasteiger partial charge is 0.359 e. The van der Waals surface area contributed by atoms with E-state index in [-0.39, 0.29) is 0 Å². The summed E-state index contributed by atoms with van der Waals surface area (Å²) in [6.07, 6.45) is 6.99. The highest BCUT2D eigenvalue weighted by Crippen LogP contribution is 2.23. The summed E-state index contributed by atoms with van der Waals surface area (Å²) in [6.45, 7) is 0. The molecule has 1 N–H and O–H groups in total. The summed E-state index contributed by atoms with van der Waals surface area (Å²) in [5, 5.41) is 1.15. The van der Waals surface area contributed by atoms with Gasteiger partial charge in [0.05, 0.1) is 11.9 Å². The Morgan fingerprint density at radius 2 is 2.06 bits per heavy atom. The number of hydrogen-bond acceptors (Lipinski definition) is 3. The number of nitrogens with one attached hydrogen (secondary N) is 1. The maximum Gasteiger partial charge on any atom is 0.167 e. The first kappa shape index (κ1) is 9.35. The van der Waals surface area contributed by atoms with E-state index in [9.17, 15) is 0 Å². The molecule has 0 amide bonds. The molecule has 0 bridgehead atoms. The lowest BCUT2D eigenvalue weighted by molar-refractivity contribution is 1.07. The predicted molar refractivity (Wildman–Crippen MR) is 68.5 cm³/mol. The van der Waals surface area contributed by atoms with Crippen LogP contribution in [-0.4, -0.2) is 24.5 Å². The minimum Gasteiger partial charge on any atom is -0.359 e. The third-order valence-electron chi connectivity index (χ3n) is 3.04. The Morgan fingerprint density at radius 3 is 3.06 bits per heavy atom. The van der Waals surface area contributed by atoms with E-state index in [0.29, 0.717) is 0 Å². The van der Waals surface area contributed by atoms with E-state index in [4.69, 9.17) is 0 Å². The van der Waals surface area contributed by atoms with Gasteiger partial charge >= 0.3 is 0 Å². The van der Waals surface area contributed by atoms with E-state index in [1.807, 2.05) is 29.0 Å². The highest BCUT2D eigenvalue weighted by Gasteiger charge is 2.09. The molecule has 0 saturated heterocycles. The third kappa shape index (κ3) is 1.18. The minimum absolute atomic E-state index is 0.794. The van der Waals surface area contributed by atoms with Crippen LogP contribution in [0.1, 0.15) is 0 Å². The van der Waals surface area contributed by atoms with Gasteiger partial charge in [-0.15, -0.1) is 0 Å². The second-order valence-corrected chi connectivity index (χ2v) is 4.07. The molecule has 4 rings (SSSR count). The van der Waals surface area contributed by atoms with Crippen LogP contribution in [0, 0.1) is 0 Å². The molecule has 0 spiro atoms. The minimum atomic E-state index is 0.794. The Labute approximate surface area is 102 Å². The second-order valence-electron chi connectivity index (χ2n) is 4.07. The molecule has 4 aromatic rings. The van der Waals surface area contributed by atoms with Crippen molar-refractivity contribution in [1.29, 1.82) is 0 Å². The van der Waals surface area contributed by atoms with Gasteiger partial charge in [0.15, 0.2) is 5.65 Å². The van der Waals surface area contributed by atoms with Crippen molar-refractivity contribution in [2.45, 2.75) is 0 Å². The number of imidazole rings is 1. The topological polar surface area (TPSA) is 59.4 Å². The fourth-order valence-electron chi connectivity index (χ4n) is 2.20. The van der Waals surface area contributed by atoms with Gasteiger partial charge in [-0.3, -0.25) is 4.57 Å².